The molecule has 25 heavy (non-hydrogen) atoms. The van der Waals surface area contributed by atoms with Crippen LogP contribution < -0.4 is 10.1 Å². The minimum Gasteiger partial charge on any atom is -0.482 e. The maximum atomic E-state index is 12.3. The summed E-state index contributed by atoms with van der Waals surface area (Å²) in [6, 6.07) is 15.6. The molecule has 126 valence electrons. The lowest BCUT2D eigenvalue weighted by molar-refractivity contribution is -0.118. The van der Waals surface area contributed by atoms with Gasteiger partial charge in [-0.05, 0) is 53.6 Å². The number of hydrogen-bond acceptors (Lipinski definition) is 2. The Morgan fingerprint density at radius 2 is 1.92 bits per heavy atom. The smallest absolute Gasteiger partial charge is 0.262 e. The molecule has 0 radical (unpaired) electrons. The highest BCUT2D eigenvalue weighted by atomic mass is 79.9. The topological polar surface area (TPSA) is 38.3 Å². The number of nitrogens with one attached hydrogen (secondary N) is 1. The van der Waals surface area contributed by atoms with E-state index in [1.54, 1.807) is 12.1 Å². The minimum absolute atomic E-state index is 0.0930. The van der Waals surface area contributed by atoms with E-state index in [0.29, 0.717) is 10.8 Å². The number of benzene rings is 3. The normalized spacial score (nSPS) is 12.4. The van der Waals surface area contributed by atoms with E-state index in [2.05, 4.69) is 39.4 Å². The second-order valence-electron chi connectivity index (χ2n) is 6.02. The van der Waals surface area contributed by atoms with Crippen LogP contribution in [0.4, 0.5) is 5.69 Å². The number of amides is 1. The first-order valence-electron chi connectivity index (χ1n) is 8.03. The summed E-state index contributed by atoms with van der Waals surface area (Å²) in [4.78, 5) is 12.3. The molecule has 0 heterocycles. The van der Waals surface area contributed by atoms with Crippen molar-refractivity contribution in [1.29, 1.82) is 0 Å². The highest BCUT2D eigenvalue weighted by molar-refractivity contribution is 9.10. The van der Waals surface area contributed by atoms with E-state index in [9.17, 15) is 4.79 Å². The predicted molar refractivity (Wildman–Crippen MR) is 105 cm³/mol. The molecule has 0 aliphatic heterocycles. The fourth-order valence-corrected chi connectivity index (χ4v) is 4.01. The second kappa shape index (κ2) is 6.70. The van der Waals surface area contributed by atoms with Crippen molar-refractivity contribution in [1.82, 2.24) is 0 Å². The molecular weight excluding hydrogens is 402 g/mol. The van der Waals surface area contributed by atoms with Gasteiger partial charge in [-0.1, -0.05) is 51.8 Å². The molecule has 0 unspecified atom stereocenters. The summed E-state index contributed by atoms with van der Waals surface area (Å²) in [5.74, 6) is 0.276. The first-order valence-corrected chi connectivity index (χ1v) is 9.20. The van der Waals surface area contributed by atoms with Crippen LogP contribution >= 0.6 is 27.5 Å². The summed E-state index contributed by atoms with van der Waals surface area (Å²) in [6.45, 7) is -0.0930. The van der Waals surface area contributed by atoms with Crippen LogP contribution in [0.25, 0.3) is 10.8 Å². The molecular formula is C20H15BrClNO2. The maximum absolute atomic E-state index is 12.3. The molecule has 5 heteroatoms. The van der Waals surface area contributed by atoms with Crippen LogP contribution in [0.15, 0.2) is 53.0 Å². The monoisotopic (exact) mass is 415 g/mol. The lowest BCUT2D eigenvalue weighted by atomic mass is 10.0. The molecule has 0 saturated heterocycles. The van der Waals surface area contributed by atoms with Crippen molar-refractivity contribution >= 4 is 49.9 Å². The van der Waals surface area contributed by atoms with E-state index >= 15 is 0 Å². The standard InChI is InChI=1S/C20H15BrClNO2/c21-14-7-9-18(16(22)10-14)25-11-19(24)23-17-8-6-13-5-4-12-2-1-3-15(17)20(12)13/h1-3,6-10H,4-5,11H2,(H,23,24). The van der Waals surface area contributed by atoms with Gasteiger partial charge in [0.1, 0.15) is 5.75 Å². The number of aryl methyl sites for hydroxylation is 2. The van der Waals surface area contributed by atoms with Gasteiger partial charge in [-0.3, -0.25) is 4.79 Å². The van der Waals surface area contributed by atoms with Crippen LogP contribution in [0.5, 0.6) is 5.75 Å². The van der Waals surface area contributed by atoms with Crippen molar-refractivity contribution in [2.75, 3.05) is 11.9 Å². The zero-order valence-corrected chi connectivity index (χ0v) is 15.7. The third-order valence-electron chi connectivity index (χ3n) is 4.40. The highest BCUT2D eigenvalue weighted by Crippen LogP contribution is 2.35. The first-order chi connectivity index (χ1) is 12.1. The molecule has 1 aliphatic rings. The molecule has 0 aromatic heterocycles. The zero-order valence-electron chi connectivity index (χ0n) is 13.3. The second-order valence-corrected chi connectivity index (χ2v) is 7.35. The van der Waals surface area contributed by atoms with Gasteiger partial charge in [-0.2, -0.15) is 0 Å². The van der Waals surface area contributed by atoms with Gasteiger partial charge < -0.3 is 10.1 Å². The third-order valence-corrected chi connectivity index (χ3v) is 5.19. The van der Waals surface area contributed by atoms with Crippen molar-refractivity contribution in [2.45, 2.75) is 12.8 Å². The largest absolute Gasteiger partial charge is 0.482 e. The fourth-order valence-electron chi connectivity index (χ4n) is 3.28. The third kappa shape index (κ3) is 3.24. The summed E-state index contributed by atoms with van der Waals surface area (Å²) in [5.41, 5.74) is 3.51. The molecule has 4 rings (SSSR count). The van der Waals surface area contributed by atoms with E-state index in [1.807, 2.05) is 18.2 Å². The Balaban J connectivity index is 1.51. The van der Waals surface area contributed by atoms with Gasteiger partial charge in [0.05, 0.1) is 5.02 Å². The fraction of sp³-hybridized carbons (Fsp3) is 0.150. The van der Waals surface area contributed by atoms with Crippen molar-refractivity contribution < 1.29 is 9.53 Å². The molecule has 3 aromatic rings. The maximum Gasteiger partial charge on any atom is 0.262 e. The summed E-state index contributed by atoms with van der Waals surface area (Å²) in [6.07, 6.45) is 2.13. The number of ether oxygens (including phenoxy) is 1. The molecule has 0 bridgehead atoms. The summed E-state index contributed by atoms with van der Waals surface area (Å²) >= 11 is 9.45. The average molecular weight is 417 g/mol. The van der Waals surface area contributed by atoms with Gasteiger partial charge in [0.2, 0.25) is 0 Å². The number of rotatable bonds is 4. The molecule has 0 fully saturated rings. The van der Waals surface area contributed by atoms with E-state index in [4.69, 9.17) is 16.3 Å². The van der Waals surface area contributed by atoms with E-state index in [1.165, 1.54) is 16.5 Å². The highest BCUT2D eigenvalue weighted by Gasteiger charge is 2.16. The van der Waals surface area contributed by atoms with Crippen molar-refractivity contribution in [3.05, 3.63) is 69.2 Å². The minimum atomic E-state index is -0.210. The number of carbonyl (C=O) groups excluding carboxylic acids is 1. The Kier molecular flexibility index (Phi) is 4.40. The van der Waals surface area contributed by atoms with Crippen molar-refractivity contribution in [3.8, 4) is 5.75 Å². The van der Waals surface area contributed by atoms with Crippen molar-refractivity contribution in [2.24, 2.45) is 0 Å². The van der Waals surface area contributed by atoms with Crippen LogP contribution in [0, 0.1) is 0 Å². The Morgan fingerprint density at radius 3 is 2.72 bits per heavy atom. The van der Waals surface area contributed by atoms with Crippen LogP contribution in [-0.4, -0.2) is 12.5 Å². The SMILES string of the molecule is O=C(COc1ccc(Br)cc1Cl)Nc1ccc2c3c(cccc13)CC2. The van der Waals surface area contributed by atoms with Gasteiger partial charge in [0.15, 0.2) is 6.61 Å². The molecule has 3 aromatic carbocycles. The van der Waals surface area contributed by atoms with E-state index in [0.717, 1.165) is 28.4 Å². The first kappa shape index (κ1) is 16.4. The molecule has 0 spiro atoms. The molecule has 1 amide bonds. The Labute approximate surface area is 159 Å². The molecule has 0 saturated carbocycles. The lowest BCUT2D eigenvalue weighted by Crippen LogP contribution is -2.20. The van der Waals surface area contributed by atoms with Gasteiger partial charge in [-0.25, -0.2) is 0 Å². The molecule has 1 N–H and O–H groups in total. The average Bonchev–Trinajstić information content (AvgIpc) is 3.01. The van der Waals surface area contributed by atoms with Gasteiger partial charge in [0.25, 0.3) is 5.91 Å². The Morgan fingerprint density at radius 1 is 1.12 bits per heavy atom. The van der Waals surface area contributed by atoms with Crippen LogP contribution in [-0.2, 0) is 17.6 Å². The number of halogens is 2. The van der Waals surface area contributed by atoms with Crippen LogP contribution in [0.1, 0.15) is 11.1 Å². The molecule has 1 aliphatic carbocycles. The predicted octanol–water partition coefficient (Wildman–Crippen LogP) is 5.37. The summed E-state index contributed by atoms with van der Waals surface area (Å²) in [7, 11) is 0. The molecule has 0 atom stereocenters. The van der Waals surface area contributed by atoms with Gasteiger partial charge in [0, 0.05) is 15.5 Å². The van der Waals surface area contributed by atoms with E-state index in [-0.39, 0.29) is 12.5 Å². The number of hydrogen-bond donors (Lipinski definition) is 1. The van der Waals surface area contributed by atoms with Crippen molar-refractivity contribution in [3.63, 3.8) is 0 Å². The molecule has 3 nitrogen and oxygen atoms in total. The summed E-state index contributed by atoms with van der Waals surface area (Å²) in [5, 5.41) is 5.78. The zero-order chi connectivity index (χ0) is 17.4. The number of anilines is 1. The van der Waals surface area contributed by atoms with Gasteiger partial charge >= 0.3 is 0 Å². The van der Waals surface area contributed by atoms with E-state index < -0.39 is 0 Å². The van der Waals surface area contributed by atoms with Crippen LogP contribution in [0.3, 0.4) is 0 Å². The Hall–Kier alpha value is -2.04. The summed E-state index contributed by atoms with van der Waals surface area (Å²) < 4.78 is 6.40. The lowest BCUT2D eigenvalue weighted by Gasteiger charge is -2.12. The number of carbonyl (C=O) groups is 1. The van der Waals surface area contributed by atoms with Crippen LogP contribution in [0.2, 0.25) is 5.02 Å². The Bertz CT molecular complexity index is 977. The quantitative estimate of drug-likeness (QED) is 0.621. The van der Waals surface area contributed by atoms with Gasteiger partial charge in [-0.15, -0.1) is 0 Å².